The molecule has 0 heterocycles. The topological polar surface area (TPSA) is 38.0 Å². The molecule has 1 aromatic rings. The zero-order chi connectivity index (χ0) is 13.1. The van der Waals surface area contributed by atoms with Crippen LogP contribution in [0.25, 0.3) is 0 Å². The number of anilines is 2. The Labute approximate surface area is 111 Å². The highest BCUT2D eigenvalue weighted by Gasteiger charge is 2.27. The van der Waals surface area contributed by atoms with Crippen molar-refractivity contribution in [3.05, 3.63) is 23.8 Å². The van der Waals surface area contributed by atoms with Gasteiger partial charge in [-0.25, -0.2) is 0 Å². The van der Waals surface area contributed by atoms with Crippen LogP contribution in [0.5, 0.6) is 0 Å². The van der Waals surface area contributed by atoms with Crippen LogP contribution >= 0.6 is 0 Å². The molecule has 18 heavy (non-hydrogen) atoms. The van der Waals surface area contributed by atoms with Crippen LogP contribution in [0.2, 0.25) is 0 Å². The maximum Gasteiger partial charge on any atom is 0.0392 e. The van der Waals surface area contributed by atoms with Crippen molar-refractivity contribution in [2.75, 3.05) is 11.1 Å². The van der Waals surface area contributed by atoms with Crippen LogP contribution in [-0.4, -0.2) is 6.04 Å². The molecule has 1 fully saturated rings. The van der Waals surface area contributed by atoms with E-state index in [2.05, 4.69) is 38.2 Å². The summed E-state index contributed by atoms with van der Waals surface area (Å²) in [6.45, 7) is 6.84. The summed E-state index contributed by atoms with van der Waals surface area (Å²) in [6, 6.07) is 6.76. The van der Waals surface area contributed by atoms with Crippen molar-refractivity contribution in [3.8, 4) is 0 Å². The van der Waals surface area contributed by atoms with Gasteiger partial charge in [-0.3, -0.25) is 0 Å². The van der Waals surface area contributed by atoms with E-state index in [0.717, 1.165) is 17.5 Å². The molecule has 0 amide bonds. The molecule has 0 saturated heterocycles. The molecular formula is C16H26N2. The quantitative estimate of drug-likeness (QED) is 0.784. The zero-order valence-corrected chi connectivity index (χ0v) is 11.9. The number of rotatable bonds is 3. The molecule has 2 rings (SSSR count). The van der Waals surface area contributed by atoms with Gasteiger partial charge in [-0.15, -0.1) is 0 Å². The van der Waals surface area contributed by atoms with Crippen LogP contribution in [0.1, 0.15) is 45.1 Å². The van der Waals surface area contributed by atoms with Crippen molar-refractivity contribution in [3.63, 3.8) is 0 Å². The van der Waals surface area contributed by atoms with Gasteiger partial charge in [-0.1, -0.05) is 32.8 Å². The Bertz CT molecular complexity index is 398. The molecule has 2 atom stereocenters. The molecule has 0 radical (unpaired) electrons. The molecule has 2 heteroatoms. The molecule has 100 valence electrons. The van der Waals surface area contributed by atoms with Gasteiger partial charge in [0.1, 0.15) is 0 Å². The minimum absolute atomic E-state index is 0.610. The third-order valence-corrected chi connectivity index (χ3v) is 4.28. The number of benzene rings is 1. The van der Waals surface area contributed by atoms with Crippen LogP contribution < -0.4 is 11.1 Å². The second kappa shape index (κ2) is 5.64. The van der Waals surface area contributed by atoms with Crippen molar-refractivity contribution in [1.29, 1.82) is 0 Å². The molecule has 1 saturated carbocycles. The van der Waals surface area contributed by atoms with Crippen molar-refractivity contribution >= 4 is 11.4 Å². The summed E-state index contributed by atoms with van der Waals surface area (Å²) < 4.78 is 0. The molecule has 1 aliphatic carbocycles. The monoisotopic (exact) mass is 246 g/mol. The first-order valence-corrected chi connectivity index (χ1v) is 7.20. The number of nitrogens with two attached hydrogens (primary N) is 1. The van der Waals surface area contributed by atoms with Crippen molar-refractivity contribution < 1.29 is 0 Å². The Kier molecular flexibility index (Phi) is 4.15. The van der Waals surface area contributed by atoms with Gasteiger partial charge in [-0.05, 0) is 49.3 Å². The number of hydrogen-bond donors (Lipinski definition) is 2. The fourth-order valence-electron chi connectivity index (χ4n) is 3.13. The minimum atomic E-state index is 0.610. The minimum Gasteiger partial charge on any atom is -0.399 e. The van der Waals surface area contributed by atoms with Crippen LogP contribution in [0.15, 0.2) is 18.2 Å². The summed E-state index contributed by atoms with van der Waals surface area (Å²) in [5.41, 5.74) is 9.24. The van der Waals surface area contributed by atoms with Gasteiger partial charge < -0.3 is 11.1 Å². The molecule has 0 aliphatic heterocycles. The second-order valence-electron chi connectivity index (χ2n) is 6.02. The van der Waals surface area contributed by atoms with Crippen molar-refractivity contribution in [2.45, 2.75) is 52.5 Å². The van der Waals surface area contributed by atoms with E-state index < -0.39 is 0 Å². The fourth-order valence-corrected chi connectivity index (χ4v) is 3.13. The predicted octanol–water partition coefficient (Wildman–Crippen LogP) is 4.20. The van der Waals surface area contributed by atoms with Crippen molar-refractivity contribution in [2.24, 2.45) is 11.8 Å². The second-order valence-corrected chi connectivity index (χ2v) is 6.02. The number of nitrogens with one attached hydrogen (secondary N) is 1. The Hall–Kier alpha value is -1.18. The molecular weight excluding hydrogens is 220 g/mol. The largest absolute Gasteiger partial charge is 0.399 e. The van der Waals surface area contributed by atoms with Gasteiger partial charge in [0, 0.05) is 17.4 Å². The van der Waals surface area contributed by atoms with E-state index in [1.807, 2.05) is 6.07 Å². The van der Waals surface area contributed by atoms with Gasteiger partial charge in [0.25, 0.3) is 0 Å². The summed E-state index contributed by atoms with van der Waals surface area (Å²) >= 11 is 0. The Morgan fingerprint density at radius 2 is 1.94 bits per heavy atom. The normalized spacial score (nSPS) is 24.2. The maximum atomic E-state index is 5.89. The van der Waals surface area contributed by atoms with Gasteiger partial charge in [0.15, 0.2) is 0 Å². The Balaban J connectivity index is 2.13. The SMILES string of the molecule is Cc1ccc(N)cc1NC1CCCCC1C(C)C. The lowest BCUT2D eigenvalue weighted by molar-refractivity contribution is 0.254. The first-order valence-electron chi connectivity index (χ1n) is 7.20. The van der Waals surface area contributed by atoms with E-state index in [-0.39, 0.29) is 0 Å². The number of hydrogen-bond acceptors (Lipinski definition) is 2. The summed E-state index contributed by atoms with van der Waals surface area (Å²) in [4.78, 5) is 0. The highest BCUT2D eigenvalue weighted by atomic mass is 14.9. The summed E-state index contributed by atoms with van der Waals surface area (Å²) in [5.74, 6) is 1.55. The Morgan fingerprint density at radius 3 is 2.67 bits per heavy atom. The highest BCUT2D eigenvalue weighted by molar-refractivity contribution is 5.59. The molecule has 1 aromatic carbocycles. The van der Waals surface area contributed by atoms with Gasteiger partial charge in [0.05, 0.1) is 0 Å². The van der Waals surface area contributed by atoms with E-state index >= 15 is 0 Å². The van der Waals surface area contributed by atoms with Crippen molar-refractivity contribution in [1.82, 2.24) is 0 Å². The molecule has 2 unspecified atom stereocenters. The molecule has 0 spiro atoms. The summed E-state index contributed by atoms with van der Waals surface area (Å²) in [7, 11) is 0. The third kappa shape index (κ3) is 2.98. The van der Waals surface area contributed by atoms with Gasteiger partial charge in [-0.2, -0.15) is 0 Å². The standard InChI is InChI=1S/C16H26N2/c1-11(2)14-6-4-5-7-15(14)18-16-10-13(17)9-8-12(16)3/h8-11,14-15,18H,4-7,17H2,1-3H3. The molecule has 2 nitrogen and oxygen atoms in total. The smallest absolute Gasteiger partial charge is 0.0392 e. The Morgan fingerprint density at radius 1 is 1.22 bits per heavy atom. The fraction of sp³-hybridized carbons (Fsp3) is 0.625. The molecule has 0 aromatic heterocycles. The number of nitrogen functional groups attached to an aromatic ring is 1. The van der Waals surface area contributed by atoms with E-state index in [9.17, 15) is 0 Å². The van der Waals surface area contributed by atoms with Gasteiger partial charge >= 0.3 is 0 Å². The first-order chi connectivity index (χ1) is 8.58. The molecule has 0 bridgehead atoms. The lowest BCUT2D eigenvalue weighted by atomic mass is 9.77. The van der Waals surface area contributed by atoms with Crippen LogP contribution in [0, 0.1) is 18.8 Å². The predicted molar refractivity (Wildman–Crippen MR) is 79.8 cm³/mol. The lowest BCUT2D eigenvalue weighted by Crippen LogP contribution is -2.35. The average Bonchev–Trinajstić information content (AvgIpc) is 2.34. The number of aryl methyl sites for hydroxylation is 1. The van der Waals surface area contributed by atoms with Crippen LogP contribution in [0.3, 0.4) is 0 Å². The van der Waals surface area contributed by atoms with E-state index in [0.29, 0.717) is 6.04 Å². The first kappa shape index (κ1) is 13.3. The maximum absolute atomic E-state index is 5.89. The van der Waals surface area contributed by atoms with Gasteiger partial charge in [0.2, 0.25) is 0 Å². The highest BCUT2D eigenvalue weighted by Crippen LogP contribution is 2.33. The summed E-state index contributed by atoms with van der Waals surface area (Å²) in [6.07, 6.45) is 5.38. The average molecular weight is 246 g/mol. The lowest BCUT2D eigenvalue weighted by Gasteiger charge is -2.36. The van der Waals surface area contributed by atoms with E-state index in [1.165, 1.54) is 36.9 Å². The molecule has 1 aliphatic rings. The zero-order valence-electron chi connectivity index (χ0n) is 11.9. The molecule has 3 N–H and O–H groups in total. The summed E-state index contributed by atoms with van der Waals surface area (Å²) in [5, 5.41) is 3.74. The van der Waals surface area contributed by atoms with Crippen LogP contribution in [-0.2, 0) is 0 Å². The van der Waals surface area contributed by atoms with E-state index in [4.69, 9.17) is 5.73 Å². The third-order valence-electron chi connectivity index (χ3n) is 4.28. The van der Waals surface area contributed by atoms with Crippen LogP contribution in [0.4, 0.5) is 11.4 Å². The van der Waals surface area contributed by atoms with E-state index in [1.54, 1.807) is 0 Å².